The molecule has 0 fully saturated rings. The maximum atomic E-state index is 13.1. The summed E-state index contributed by atoms with van der Waals surface area (Å²) in [6, 6.07) is 12.0. The molecule has 0 aromatic heterocycles. The fourth-order valence-electron chi connectivity index (χ4n) is 4.68. The quantitative estimate of drug-likeness (QED) is 0.0966. The average molecular weight is 652 g/mol. The average Bonchev–Trinajstić information content (AvgIpc) is 3.20. The van der Waals surface area contributed by atoms with E-state index in [1.165, 1.54) is 0 Å². The van der Waals surface area contributed by atoms with Crippen LogP contribution < -0.4 is 10.5 Å². The molecule has 0 spiro atoms. The molecule has 0 saturated heterocycles. The van der Waals surface area contributed by atoms with Gasteiger partial charge in [0.15, 0.2) is 5.78 Å². The first-order chi connectivity index (χ1) is 18.3. The molecule has 2 unspecified atom stereocenters. The van der Waals surface area contributed by atoms with Crippen molar-refractivity contribution in [2.75, 3.05) is 40.6 Å². The number of Topliss-reactive ketones (excluding diaryl/α,β-unsaturated/α-hetero) is 1. The van der Waals surface area contributed by atoms with Crippen LogP contribution >= 0.6 is 31.5 Å². The van der Waals surface area contributed by atoms with Gasteiger partial charge in [-0.25, -0.2) is 4.79 Å². The summed E-state index contributed by atoms with van der Waals surface area (Å²) < 4.78 is 15.5. The number of ether oxygens (including phenoxy) is 3. The molecule has 11 heteroatoms. The zero-order valence-corrected chi connectivity index (χ0v) is 25.2. The topological polar surface area (TPSA) is 103 Å². The largest absolute Gasteiger partial charge is 0.449 e. The van der Waals surface area contributed by atoms with Gasteiger partial charge in [0.2, 0.25) is 5.91 Å². The van der Waals surface area contributed by atoms with Gasteiger partial charge in [0, 0.05) is 51.7 Å². The third-order valence-electron chi connectivity index (χ3n) is 6.42. The van der Waals surface area contributed by atoms with E-state index in [1.807, 2.05) is 18.2 Å². The SMILES string of the molecule is COCCCC(=O)c1cccc2c1-c1ccc(CCCC(=O)NCCOC)cc1C2COC(=O)NB(P)I. The Bertz CT molecular complexity index is 1130. The van der Waals surface area contributed by atoms with Gasteiger partial charge < -0.3 is 24.8 Å². The highest BCUT2D eigenvalue weighted by atomic mass is 127. The lowest BCUT2D eigenvalue weighted by atomic mass is 9.93. The highest BCUT2D eigenvalue weighted by Crippen LogP contribution is 2.47. The third-order valence-corrected chi connectivity index (χ3v) is 6.90. The monoisotopic (exact) mass is 652 g/mol. The molecule has 0 heterocycles. The maximum absolute atomic E-state index is 13.1. The molecule has 1 aliphatic carbocycles. The Morgan fingerprint density at radius 1 is 1.03 bits per heavy atom. The van der Waals surface area contributed by atoms with Crippen molar-refractivity contribution in [2.24, 2.45) is 0 Å². The number of amides is 2. The van der Waals surface area contributed by atoms with Crippen LogP contribution in [-0.4, -0.2) is 62.8 Å². The van der Waals surface area contributed by atoms with Gasteiger partial charge in [-0.15, -0.1) is 31.5 Å². The Labute approximate surface area is 240 Å². The van der Waals surface area contributed by atoms with Crippen LogP contribution in [0.3, 0.4) is 0 Å². The van der Waals surface area contributed by atoms with Crippen molar-refractivity contribution in [2.45, 2.75) is 38.0 Å². The zero-order valence-electron chi connectivity index (χ0n) is 21.9. The number of fused-ring (bicyclic) bond motifs is 3. The van der Waals surface area contributed by atoms with Crippen LogP contribution in [-0.2, 0) is 25.4 Å². The van der Waals surface area contributed by atoms with Crippen molar-refractivity contribution in [1.29, 1.82) is 0 Å². The number of halogens is 1. The van der Waals surface area contributed by atoms with Gasteiger partial charge in [0.05, 0.1) is 6.61 Å². The Hall–Kier alpha value is -2.01. The van der Waals surface area contributed by atoms with Crippen molar-refractivity contribution in [3.8, 4) is 11.1 Å². The summed E-state index contributed by atoms with van der Waals surface area (Å²) in [7, 11) is 5.73. The zero-order chi connectivity index (χ0) is 27.5. The molecule has 8 nitrogen and oxygen atoms in total. The van der Waals surface area contributed by atoms with Gasteiger partial charge in [-0.3, -0.25) is 9.59 Å². The van der Waals surface area contributed by atoms with Crippen LogP contribution in [0.5, 0.6) is 0 Å². The number of benzene rings is 2. The molecule has 0 aliphatic heterocycles. The van der Waals surface area contributed by atoms with Gasteiger partial charge >= 0.3 is 10.5 Å². The van der Waals surface area contributed by atoms with Gasteiger partial charge in [-0.1, -0.05) is 36.4 Å². The molecule has 1 aliphatic rings. The minimum absolute atomic E-state index is 0.00665. The molecular weight excluding hydrogens is 617 g/mol. The summed E-state index contributed by atoms with van der Waals surface area (Å²) in [6.45, 7) is 1.69. The van der Waals surface area contributed by atoms with E-state index in [2.05, 4.69) is 60.2 Å². The molecule has 204 valence electrons. The molecular formula is C27H35BIN2O6P. The summed E-state index contributed by atoms with van der Waals surface area (Å²) >= 11 is 2.07. The van der Waals surface area contributed by atoms with E-state index >= 15 is 0 Å². The Balaban J connectivity index is 1.83. The van der Waals surface area contributed by atoms with Gasteiger partial charge in [-0.2, -0.15) is 0 Å². The van der Waals surface area contributed by atoms with Crippen molar-refractivity contribution >= 4 is 53.7 Å². The Morgan fingerprint density at radius 3 is 2.55 bits per heavy atom. The lowest BCUT2D eigenvalue weighted by Crippen LogP contribution is -2.31. The molecule has 0 radical (unpaired) electrons. The predicted molar refractivity (Wildman–Crippen MR) is 161 cm³/mol. The normalized spacial score (nSPS) is 13.4. The van der Waals surface area contributed by atoms with Crippen LogP contribution in [0.1, 0.15) is 58.6 Å². The number of rotatable bonds is 15. The number of carbonyl (C=O) groups is 3. The summed E-state index contributed by atoms with van der Waals surface area (Å²) in [5, 5.41) is 5.56. The van der Waals surface area contributed by atoms with Crippen LogP contribution in [0.25, 0.3) is 11.1 Å². The Kier molecular flexibility index (Phi) is 12.5. The molecule has 2 aromatic carbocycles. The summed E-state index contributed by atoms with van der Waals surface area (Å²) in [6.07, 6.45) is 2.45. The van der Waals surface area contributed by atoms with E-state index < -0.39 is 6.09 Å². The maximum Gasteiger partial charge on any atom is 0.395 e. The van der Waals surface area contributed by atoms with Crippen LogP contribution in [0.4, 0.5) is 4.79 Å². The van der Waals surface area contributed by atoms with Gasteiger partial charge in [-0.05, 0) is 47.1 Å². The van der Waals surface area contributed by atoms with Crippen molar-refractivity contribution in [1.82, 2.24) is 10.5 Å². The first kappa shape index (κ1) is 30.5. The standard InChI is InChI=1S/C27H35BIN2O6P/c1-35-14-5-9-24(32)21-8-4-7-19-23(17-37-27(34)31-28(29)38)22-16-18(11-12-20(22)26(19)21)6-3-10-25(33)30-13-15-36-2/h4,7-8,11-12,16,23H,3,5-6,9-10,13-15,17,38H2,1-2H3,(H,30,33)(H,31,34). The smallest absolute Gasteiger partial charge is 0.395 e. The highest BCUT2D eigenvalue weighted by molar-refractivity contribution is 14.1. The fraction of sp³-hybridized carbons (Fsp3) is 0.444. The first-order valence-corrected chi connectivity index (χ1v) is 14.6. The number of ketones is 1. The summed E-state index contributed by atoms with van der Waals surface area (Å²) in [5.74, 6) is -0.109. The van der Waals surface area contributed by atoms with Crippen LogP contribution in [0.2, 0.25) is 0 Å². The molecule has 2 N–H and O–H groups in total. The molecule has 0 bridgehead atoms. The summed E-state index contributed by atoms with van der Waals surface area (Å²) in [5.41, 5.74) is 5.70. The second kappa shape index (κ2) is 15.6. The van der Waals surface area contributed by atoms with E-state index in [4.69, 9.17) is 14.2 Å². The number of methoxy groups -OCH3 is 2. The highest BCUT2D eigenvalue weighted by Gasteiger charge is 2.33. The number of nitrogens with one attached hydrogen (secondary N) is 2. The number of aryl methyl sites for hydroxylation is 1. The molecule has 38 heavy (non-hydrogen) atoms. The van der Waals surface area contributed by atoms with E-state index in [-0.39, 0.29) is 28.6 Å². The molecule has 2 atom stereocenters. The van der Waals surface area contributed by atoms with Crippen molar-refractivity contribution in [3.05, 3.63) is 58.7 Å². The summed E-state index contributed by atoms with van der Waals surface area (Å²) in [4.78, 5) is 37.5. The Morgan fingerprint density at radius 2 is 1.82 bits per heavy atom. The lowest BCUT2D eigenvalue weighted by molar-refractivity contribution is -0.121. The minimum Gasteiger partial charge on any atom is -0.449 e. The van der Waals surface area contributed by atoms with E-state index in [0.29, 0.717) is 51.0 Å². The van der Waals surface area contributed by atoms with Crippen molar-refractivity contribution in [3.63, 3.8) is 0 Å². The van der Waals surface area contributed by atoms with E-state index in [0.717, 1.165) is 34.2 Å². The predicted octanol–water partition coefficient (Wildman–Crippen LogP) is 4.51. The van der Waals surface area contributed by atoms with E-state index in [9.17, 15) is 14.4 Å². The van der Waals surface area contributed by atoms with Gasteiger partial charge in [0.1, 0.15) is 6.61 Å². The second-order valence-electron chi connectivity index (χ2n) is 9.10. The number of hydrogen-bond donors (Lipinski definition) is 2. The lowest BCUT2D eigenvalue weighted by Gasteiger charge is -2.16. The molecule has 2 amide bonds. The number of carbonyl (C=O) groups excluding carboxylic acids is 3. The molecule has 0 saturated carbocycles. The van der Waals surface area contributed by atoms with Crippen molar-refractivity contribution < 1.29 is 28.6 Å². The fourth-order valence-corrected chi connectivity index (χ4v) is 5.07. The molecule has 3 rings (SSSR count). The van der Waals surface area contributed by atoms with Crippen LogP contribution in [0, 0.1) is 0 Å². The van der Waals surface area contributed by atoms with Crippen LogP contribution in [0.15, 0.2) is 36.4 Å². The second-order valence-corrected chi connectivity index (χ2v) is 12.5. The minimum atomic E-state index is -0.489. The van der Waals surface area contributed by atoms with Gasteiger partial charge in [0.25, 0.3) is 0 Å². The van der Waals surface area contributed by atoms with E-state index in [1.54, 1.807) is 14.2 Å². The third kappa shape index (κ3) is 8.50. The number of hydrogen-bond acceptors (Lipinski definition) is 6. The first-order valence-electron chi connectivity index (χ1n) is 12.7. The molecule has 2 aromatic rings.